The first-order valence-electron chi connectivity index (χ1n) is 8.68. The maximum absolute atomic E-state index is 5.89. The molecule has 7 nitrogen and oxygen atoms in total. The standard InChI is InChI=1S/C20H15BrN6O/c1-26-19-17(10-23-26)20-24-18(25-27(20)12-22-19)14-5-2-4-13(8-14)11-28-16-7-3-6-15(21)9-16/h2-10,12H,11H2,1H3. The Morgan fingerprint density at radius 1 is 1.07 bits per heavy atom. The zero-order chi connectivity index (χ0) is 19.1. The zero-order valence-corrected chi connectivity index (χ0v) is 16.5. The van der Waals surface area contributed by atoms with Gasteiger partial charge in [0, 0.05) is 17.1 Å². The number of nitrogens with zero attached hydrogens (tertiary/aromatic N) is 6. The monoisotopic (exact) mass is 434 g/mol. The van der Waals surface area contributed by atoms with Crippen LogP contribution >= 0.6 is 15.9 Å². The van der Waals surface area contributed by atoms with E-state index in [1.165, 1.54) is 0 Å². The van der Waals surface area contributed by atoms with E-state index in [0.29, 0.717) is 12.4 Å². The molecular weight excluding hydrogens is 420 g/mol. The van der Waals surface area contributed by atoms with Gasteiger partial charge in [0.05, 0.1) is 11.6 Å². The molecule has 3 heterocycles. The van der Waals surface area contributed by atoms with Gasteiger partial charge in [0.15, 0.2) is 17.1 Å². The van der Waals surface area contributed by atoms with Gasteiger partial charge in [0.2, 0.25) is 0 Å². The zero-order valence-electron chi connectivity index (χ0n) is 15.0. The molecule has 0 bridgehead atoms. The van der Waals surface area contributed by atoms with Gasteiger partial charge < -0.3 is 4.74 Å². The van der Waals surface area contributed by atoms with Crippen LogP contribution in [-0.2, 0) is 13.7 Å². The van der Waals surface area contributed by atoms with Crippen LogP contribution in [0.2, 0.25) is 0 Å². The Morgan fingerprint density at radius 2 is 1.96 bits per heavy atom. The summed E-state index contributed by atoms with van der Waals surface area (Å²) in [6.07, 6.45) is 3.43. The van der Waals surface area contributed by atoms with Gasteiger partial charge in [-0.3, -0.25) is 4.68 Å². The highest BCUT2D eigenvalue weighted by molar-refractivity contribution is 9.10. The first-order valence-corrected chi connectivity index (χ1v) is 9.47. The number of halogens is 1. The van der Waals surface area contributed by atoms with Crippen molar-refractivity contribution in [2.45, 2.75) is 6.61 Å². The minimum atomic E-state index is 0.464. The SMILES string of the molecule is Cn1ncc2c1ncn1nc(-c3cccc(COc4cccc(Br)c4)c3)nc21. The third-order valence-corrected chi connectivity index (χ3v) is 4.95. The van der Waals surface area contributed by atoms with E-state index in [9.17, 15) is 0 Å². The number of fused-ring (bicyclic) bond motifs is 3. The molecule has 0 aliphatic carbocycles. The molecule has 2 aromatic carbocycles. The van der Waals surface area contributed by atoms with Crippen LogP contribution in [0.4, 0.5) is 0 Å². The fraction of sp³-hybridized carbons (Fsp3) is 0.100. The van der Waals surface area contributed by atoms with Crippen LogP contribution in [0.1, 0.15) is 5.56 Å². The highest BCUT2D eigenvalue weighted by Gasteiger charge is 2.12. The lowest BCUT2D eigenvalue weighted by Crippen LogP contribution is -1.96. The van der Waals surface area contributed by atoms with Gasteiger partial charge in [-0.2, -0.15) is 5.10 Å². The van der Waals surface area contributed by atoms with Crippen LogP contribution in [0.5, 0.6) is 5.75 Å². The summed E-state index contributed by atoms with van der Waals surface area (Å²) in [5.74, 6) is 1.46. The number of rotatable bonds is 4. The summed E-state index contributed by atoms with van der Waals surface area (Å²) in [5.41, 5.74) is 3.49. The predicted octanol–water partition coefficient (Wildman–Crippen LogP) is 4.02. The number of hydrogen-bond acceptors (Lipinski definition) is 5. The molecule has 0 unspecified atom stereocenters. The van der Waals surface area contributed by atoms with Crippen molar-refractivity contribution in [1.29, 1.82) is 0 Å². The van der Waals surface area contributed by atoms with Gasteiger partial charge >= 0.3 is 0 Å². The summed E-state index contributed by atoms with van der Waals surface area (Å²) in [6, 6.07) is 15.8. The van der Waals surface area contributed by atoms with Crippen molar-refractivity contribution in [3.8, 4) is 17.1 Å². The Hall–Kier alpha value is -3.26. The first-order chi connectivity index (χ1) is 13.7. The number of benzene rings is 2. The van der Waals surface area contributed by atoms with Crippen molar-refractivity contribution in [2.75, 3.05) is 0 Å². The van der Waals surface area contributed by atoms with E-state index in [2.05, 4.69) is 31.1 Å². The maximum Gasteiger partial charge on any atom is 0.182 e. The summed E-state index contributed by atoms with van der Waals surface area (Å²) in [5, 5.41) is 9.70. The van der Waals surface area contributed by atoms with Crippen molar-refractivity contribution in [2.24, 2.45) is 7.05 Å². The maximum atomic E-state index is 5.89. The quantitative estimate of drug-likeness (QED) is 0.427. The summed E-state index contributed by atoms with van der Waals surface area (Å²) in [7, 11) is 1.86. The molecule has 0 fully saturated rings. The minimum Gasteiger partial charge on any atom is -0.489 e. The van der Waals surface area contributed by atoms with Gasteiger partial charge in [-0.05, 0) is 29.8 Å². The van der Waals surface area contributed by atoms with Gasteiger partial charge in [0.1, 0.15) is 18.7 Å². The van der Waals surface area contributed by atoms with E-state index in [1.807, 2.05) is 55.6 Å². The molecule has 0 aliphatic heterocycles. The summed E-state index contributed by atoms with van der Waals surface area (Å²) in [4.78, 5) is 9.11. The smallest absolute Gasteiger partial charge is 0.182 e. The Morgan fingerprint density at radius 3 is 2.86 bits per heavy atom. The Kier molecular flexibility index (Phi) is 4.05. The van der Waals surface area contributed by atoms with Gasteiger partial charge in [-0.15, -0.1) is 5.10 Å². The van der Waals surface area contributed by atoms with E-state index in [1.54, 1.807) is 21.7 Å². The predicted molar refractivity (Wildman–Crippen MR) is 109 cm³/mol. The van der Waals surface area contributed by atoms with E-state index >= 15 is 0 Å². The van der Waals surface area contributed by atoms with Crippen LogP contribution in [0.15, 0.2) is 65.5 Å². The molecular formula is C20H15BrN6O. The molecule has 0 N–H and O–H groups in total. The summed E-state index contributed by atoms with van der Waals surface area (Å²) >= 11 is 3.46. The minimum absolute atomic E-state index is 0.464. The number of ether oxygens (including phenoxy) is 1. The molecule has 0 saturated carbocycles. The summed E-state index contributed by atoms with van der Waals surface area (Å²) < 4.78 is 10.3. The lowest BCUT2D eigenvalue weighted by molar-refractivity contribution is 0.306. The normalized spacial score (nSPS) is 11.4. The Bertz CT molecular complexity index is 1310. The second-order valence-corrected chi connectivity index (χ2v) is 7.32. The van der Waals surface area contributed by atoms with Crippen LogP contribution in [0.25, 0.3) is 28.1 Å². The highest BCUT2D eigenvalue weighted by atomic mass is 79.9. The highest BCUT2D eigenvalue weighted by Crippen LogP contribution is 2.23. The van der Waals surface area contributed by atoms with E-state index < -0.39 is 0 Å². The van der Waals surface area contributed by atoms with Gasteiger partial charge in [-0.25, -0.2) is 14.5 Å². The van der Waals surface area contributed by atoms with Gasteiger partial charge in [-0.1, -0.05) is 40.2 Å². The fourth-order valence-corrected chi connectivity index (χ4v) is 3.46. The van der Waals surface area contributed by atoms with Crippen molar-refractivity contribution < 1.29 is 4.74 Å². The largest absolute Gasteiger partial charge is 0.489 e. The average molecular weight is 435 g/mol. The van der Waals surface area contributed by atoms with Gasteiger partial charge in [0.25, 0.3) is 0 Å². The van der Waals surface area contributed by atoms with Crippen molar-refractivity contribution in [1.82, 2.24) is 29.4 Å². The molecule has 138 valence electrons. The second kappa shape index (κ2) is 6.72. The molecule has 0 saturated heterocycles. The van der Waals surface area contributed by atoms with Crippen LogP contribution in [0.3, 0.4) is 0 Å². The molecule has 3 aromatic heterocycles. The van der Waals surface area contributed by atoms with Crippen molar-refractivity contribution >= 4 is 32.6 Å². The second-order valence-electron chi connectivity index (χ2n) is 6.40. The first kappa shape index (κ1) is 16.9. The Labute approximate surface area is 168 Å². The molecule has 5 rings (SSSR count). The van der Waals surface area contributed by atoms with Crippen molar-refractivity contribution in [3.63, 3.8) is 0 Å². The topological polar surface area (TPSA) is 70.1 Å². The van der Waals surface area contributed by atoms with Crippen molar-refractivity contribution in [3.05, 3.63) is 71.1 Å². The molecule has 0 radical (unpaired) electrons. The fourth-order valence-electron chi connectivity index (χ4n) is 3.08. The molecule has 0 spiro atoms. The summed E-state index contributed by atoms with van der Waals surface area (Å²) in [6.45, 7) is 0.464. The molecule has 5 aromatic rings. The third kappa shape index (κ3) is 3.01. The van der Waals surface area contributed by atoms with Crippen LogP contribution in [0, 0.1) is 0 Å². The molecule has 0 aliphatic rings. The Balaban J connectivity index is 1.46. The molecule has 0 atom stereocenters. The molecule has 8 heteroatoms. The number of aromatic nitrogens is 6. The lowest BCUT2D eigenvalue weighted by Gasteiger charge is -2.07. The van der Waals surface area contributed by atoms with E-state index in [4.69, 9.17) is 9.72 Å². The van der Waals surface area contributed by atoms with E-state index in [0.717, 1.165) is 38.0 Å². The lowest BCUT2D eigenvalue weighted by atomic mass is 10.1. The average Bonchev–Trinajstić information content (AvgIpc) is 3.30. The third-order valence-electron chi connectivity index (χ3n) is 4.46. The number of hydrogen-bond donors (Lipinski definition) is 0. The van der Waals surface area contributed by atoms with Crippen LogP contribution in [-0.4, -0.2) is 29.4 Å². The van der Waals surface area contributed by atoms with E-state index in [-0.39, 0.29) is 0 Å². The number of aryl methyl sites for hydroxylation is 1. The van der Waals surface area contributed by atoms with Crippen LogP contribution < -0.4 is 4.74 Å². The molecule has 28 heavy (non-hydrogen) atoms. The molecule has 0 amide bonds.